The zero-order valence-electron chi connectivity index (χ0n) is 14.1. The van der Waals surface area contributed by atoms with Crippen molar-refractivity contribution in [2.24, 2.45) is 0 Å². The van der Waals surface area contributed by atoms with Crippen LogP contribution in [0.3, 0.4) is 0 Å². The number of benzene rings is 1. The Labute approximate surface area is 147 Å². The van der Waals surface area contributed by atoms with Gasteiger partial charge in [-0.1, -0.05) is 11.2 Å². The van der Waals surface area contributed by atoms with E-state index < -0.39 is 0 Å². The third-order valence-electron chi connectivity index (χ3n) is 4.20. The second kappa shape index (κ2) is 6.47. The molecule has 3 heterocycles. The topological polar surface area (TPSA) is 129 Å². The molecule has 0 unspecified atom stereocenters. The predicted octanol–water partition coefficient (Wildman–Crippen LogP) is 0.710. The summed E-state index contributed by atoms with van der Waals surface area (Å²) in [5, 5.41) is 12.7. The molecule has 1 aliphatic rings. The van der Waals surface area contributed by atoms with Crippen molar-refractivity contribution in [3.8, 4) is 0 Å². The Morgan fingerprint density at radius 1 is 1.38 bits per heavy atom. The fourth-order valence-corrected chi connectivity index (χ4v) is 2.86. The first-order valence-electron chi connectivity index (χ1n) is 8.18. The fourth-order valence-electron chi connectivity index (χ4n) is 2.86. The Hall–Kier alpha value is -3.43. The Bertz CT molecular complexity index is 977. The van der Waals surface area contributed by atoms with Crippen molar-refractivity contribution in [2.75, 3.05) is 13.1 Å². The maximum absolute atomic E-state index is 12.0. The van der Waals surface area contributed by atoms with E-state index in [1.165, 1.54) is 0 Å². The number of aromatic amines is 1. The minimum Gasteiger partial charge on any atom is -0.343 e. The zero-order chi connectivity index (χ0) is 18.1. The molecule has 1 fully saturated rings. The second-order valence-corrected chi connectivity index (χ2v) is 6.07. The van der Waals surface area contributed by atoms with Crippen LogP contribution in [-0.2, 0) is 13.1 Å². The monoisotopic (exact) mass is 355 g/mol. The van der Waals surface area contributed by atoms with Crippen molar-refractivity contribution in [1.82, 2.24) is 35.8 Å². The van der Waals surface area contributed by atoms with Crippen LogP contribution in [0.25, 0.3) is 11.0 Å². The van der Waals surface area contributed by atoms with Crippen LogP contribution in [0.1, 0.15) is 27.6 Å². The Morgan fingerprint density at radius 3 is 3.00 bits per heavy atom. The number of amides is 3. The summed E-state index contributed by atoms with van der Waals surface area (Å²) in [6, 6.07) is 5.76. The van der Waals surface area contributed by atoms with Gasteiger partial charge >= 0.3 is 6.03 Å². The van der Waals surface area contributed by atoms with Crippen molar-refractivity contribution >= 4 is 23.0 Å². The minimum absolute atomic E-state index is 0.0456. The highest BCUT2D eigenvalue weighted by atomic mass is 16.6. The number of hydrogen-bond donors (Lipinski definition) is 3. The molecule has 4 rings (SSSR count). The molecule has 1 saturated heterocycles. The maximum atomic E-state index is 12.0. The molecule has 10 nitrogen and oxygen atoms in total. The second-order valence-electron chi connectivity index (χ2n) is 6.07. The van der Waals surface area contributed by atoms with Crippen LogP contribution in [0.15, 0.2) is 22.8 Å². The number of aromatic nitrogens is 4. The summed E-state index contributed by atoms with van der Waals surface area (Å²) >= 11 is 0. The van der Waals surface area contributed by atoms with Gasteiger partial charge in [-0.3, -0.25) is 4.79 Å². The first-order valence-corrected chi connectivity index (χ1v) is 8.18. The number of hydrogen-bond acceptors (Lipinski definition) is 6. The predicted molar refractivity (Wildman–Crippen MR) is 90.1 cm³/mol. The number of rotatable bonds is 5. The number of H-pyrrole nitrogens is 1. The van der Waals surface area contributed by atoms with Crippen molar-refractivity contribution in [3.05, 3.63) is 41.0 Å². The fraction of sp³-hybridized carbons (Fsp3) is 0.312. The molecule has 0 aliphatic carbocycles. The lowest BCUT2D eigenvalue weighted by Gasteiger charge is -2.13. The van der Waals surface area contributed by atoms with Crippen LogP contribution in [-0.4, -0.2) is 50.2 Å². The van der Waals surface area contributed by atoms with Gasteiger partial charge in [-0.05, 0) is 29.8 Å². The molecule has 1 aliphatic heterocycles. The van der Waals surface area contributed by atoms with Crippen molar-refractivity contribution in [3.63, 3.8) is 0 Å². The number of aryl methyl sites for hydroxylation is 1. The minimum atomic E-state index is -0.370. The molecule has 0 radical (unpaired) electrons. The van der Waals surface area contributed by atoms with E-state index >= 15 is 0 Å². The van der Waals surface area contributed by atoms with Gasteiger partial charge in [-0.2, -0.15) is 0 Å². The van der Waals surface area contributed by atoms with Crippen LogP contribution < -0.4 is 10.6 Å². The van der Waals surface area contributed by atoms with E-state index in [1.807, 2.05) is 18.2 Å². The lowest BCUT2D eigenvalue weighted by atomic mass is 10.2. The standard InChI is InChI=1S/C16H17N7O3/c1-9-14(22-26-21-9)15(24)18-7-13-19-11-3-2-10(6-12(11)20-13)8-23-5-4-17-16(23)25/h2-3,6H,4-5,7-8H2,1H3,(H,17,25)(H,18,24)(H,19,20). The number of urea groups is 1. The molecule has 0 saturated carbocycles. The molecule has 26 heavy (non-hydrogen) atoms. The molecule has 0 bridgehead atoms. The quantitative estimate of drug-likeness (QED) is 0.618. The largest absolute Gasteiger partial charge is 0.343 e. The summed E-state index contributed by atoms with van der Waals surface area (Å²) in [5.41, 5.74) is 3.25. The molecular weight excluding hydrogens is 338 g/mol. The Balaban J connectivity index is 1.44. The number of imidazole rings is 1. The number of nitrogens with one attached hydrogen (secondary N) is 3. The van der Waals surface area contributed by atoms with E-state index in [-0.39, 0.29) is 24.2 Å². The number of fused-ring (bicyclic) bond motifs is 1. The summed E-state index contributed by atoms with van der Waals surface area (Å²) in [5.74, 6) is 0.253. The highest BCUT2D eigenvalue weighted by molar-refractivity contribution is 5.92. The van der Waals surface area contributed by atoms with E-state index in [2.05, 4.69) is 35.5 Å². The summed E-state index contributed by atoms with van der Waals surface area (Å²) in [4.78, 5) is 33.1. The van der Waals surface area contributed by atoms with Gasteiger partial charge in [0, 0.05) is 19.6 Å². The van der Waals surface area contributed by atoms with E-state index in [1.54, 1.807) is 11.8 Å². The third-order valence-corrected chi connectivity index (χ3v) is 4.20. The van der Waals surface area contributed by atoms with Crippen molar-refractivity contribution in [1.29, 1.82) is 0 Å². The van der Waals surface area contributed by atoms with Crippen LogP contribution in [0.2, 0.25) is 0 Å². The van der Waals surface area contributed by atoms with Gasteiger partial charge in [0.15, 0.2) is 5.69 Å². The van der Waals surface area contributed by atoms with Crippen molar-refractivity contribution in [2.45, 2.75) is 20.0 Å². The highest BCUT2D eigenvalue weighted by Gasteiger charge is 2.19. The lowest BCUT2D eigenvalue weighted by Crippen LogP contribution is -2.27. The third kappa shape index (κ3) is 3.08. The Kier molecular flexibility index (Phi) is 3.99. The number of carbonyl (C=O) groups excluding carboxylic acids is 2. The SMILES string of the molecule is Cc1nonc1C(=O)NCc1nc2ccc(CN3CCNC3=O)cc2[nH]1. The van der Waals surface area contributed by atoms with Crippen LogP contribution in [0, 0.1) is 6.92 Å². The van der Waals surface area contributed by atoms with Gasteiger partial charge in [-0.15, -0.1) is 0 Å². The number of carbonyl (C=O) groups is 2. The molecule has 1 aromatic carbocycles. The normalized spacial score (nSPS) is 14.0. The van der Waals surface area contributed by atoms with E-state index in [9.17, 15) is 9.59 Å². The first kappa shape index (κ1) is 16.1. The average Bonchev–Trinajstić information content (AvgIpc) is 3.33. The Morgan fingerprint density at radius 2 is 2.27 bits per heavy atom. The van der Waals surface area contributed by atoms with E-state index in [0.717, 1.165) is 16.6 Å². The first-order chi connectivity index (χ1) is 12.6. The van der Waals surface area contributed by atoms with Gasteiger partial charge in [0.25, 0.3) is 5.91 Å². The molecule has 3 N–H and O–H groups in total. The summed E-state index contributed by atoms with van der Waals surface area (Å²) in [6.07, 6.45) is 0. The van der Waals surface area contributed by atoms with Crippen LogP contribution >= 0.6 is 0 Å². The smallest absolute Gasteiger partial charge is 0.317 e. The van der Waals surface area contributed by atoms with Crippen molar-refractivity contribution < 1.29 is 14.2 Å². The molecule has 0 spiro atoms. The summed E-state index contributed by atoms with van der Waals surface area (Å²) in [6.45, 7) is 3.80. The maximum Gasteiger partial charge on any atom is 0.317 e. The highest BCUT2D eigenvalue weighted by Crippen LogP contribution is 2.16. The molecule has 2 aromatic heterocycles. The van der Waals surface area contributed by atoms with E-state index in [4.69, 9.17) is 0 Å². The molecule has 3 amide bonds. The van der Waals surface area contributed by atoms with Crippen LogP contribution in [0.4, 0.5) is 4.79 Å². The zero-order valence-corrected chi connectivity index (χ0v) is 14.1. The molecular formula is C16H17N7O3. The molecule has 3 aromatic rings. The molecule has 0 atom stereocenters. The lowest BCUT2D eigenvalue weighted by molar-refractivity contribution is 0.0939. The summed E-state index contributed by atoms with van der Waals surface area (Å²) < 4.78 is 4.53. The molecule has 10 heteroatoms. The molecule has 134 valence electrons. The van der Waals surface area contributed by atoms with Crippen LogP contribution in [0.5, 0.6) is 0 Å². The van der Waals surface area contributed by atoms with Gasteiger partial charge < -0.3 is 20.5 Å². The van der Waals surface area contributed by atoms with Gasteiger partial charge in [0.05, 0.1) is 17.6 Å². The van der Waals surface area contributed by atoms with E-state index in [0.29, 0.717) is 31.2 Å². The van der Waals surface area contributed by atoms with Gasteiger partial charge in [-0.25, -0.2) is 14.4 Å². The average molecular weight is 355 g/mol. The van der Waals surface area contributed by atoms with Gasteiger partial charge in [0.1, 0.15) is 11.5 Å². The summed E-state index contributed by atoms with van der Waals surface area (Å²) in [7, 11) is 0. The number of nitrogens with zero attached hydrogens (tertiary/aromatic N) is 4. The van der Waals surface area contributed by atoms with Gasteiger partial charge in [0.2, 0.25) is 0 Å².